The lowest BCUT2D eigenvalue weighted by Crippen LogP contribution is -2.21. The van der Waals surface area contributed by atoms with Crippen molar-refractivity contribution < 1.29 is 28.6 Å². The molecule has 1 aliphatic heterocycles. The van der Waals surface area contributed by atoms with Crippen molar-refractivity contribution in [1.29, 1.82) is 0 Å². The Balaban J connectivity index is 1.41. The summed E-state index contributed by atoms with van der Waals surface area (Å²) in [5.41, 5.74) is 1.01. The van der Waals surface area contributed by atoms with Crippen LogP contribution in [-0.4, -0.2) is 31.4 Å². The van der Waals surface area contributed by atoms with Crippen LogP contribution in [0, 0.1) is 0 Å². The molecule has 0 atom stereocenters. The average Bonchev–Trinajstić information content (AvgIpc) is 3.40. The Morgan fingerprint density at radius 2 is 1.97 bits per heavy atom. The summed E-state index contributed by atoms with van der Waals surface area (Å²) >= 11 is 1.50. The molecule has 31 heavy (non-hydrogen) atoms. The zero-order valence-electron chi connectivity index (χ0n) is 16.4. The predicted octanol–water partition coefficient (Wildman–Crippen LogP) is 4.17. The van der Waals surface area contributed by atoms with Gasteiger partial charge in [-0.25, -0.2) is 4.79 Å². The van der Waals surface area contributed by atoms with Crippen molar-refractivity contribution in [2.24, 2.45) is 0 Å². The molecular formula is C23H17NO6S. The van der Waals surface area contributed by atoms with Crippen molar-refractivity contribution in [2.45, 2.75) is 0 Å². The Labute approximate surface area is 181 Å². The number of methoxy groups -OCH3 is 1. The number of anilines is 1. The SMILES string of the molecule is COC(=O)c1ccccc1NC(=O)COc1ccc2c(c1)OC(=Cc1cccs1)C2=O. The summed E-state index contributed by atoms with van der Waals surface area (Å²) < 4.78 is 15.9. The van der Waals surface area contributed by atoms with E-state index in [0.29, 0.717) is 22.7 Å². The normalized spacial score (nSPS) is 13.5. The number of ketones is 1. The van der Waals surface area contributed by atoms with E-state index in [1.165, 1.54) is 18.4 Å². The van der Waals surface area contributed by atoms with Gasteiger partial charge in [0.1, 0.15) is 11.5 Å². The third-order valence-electron chi connectivity index (χ3n) is 4.43. The third-order valence-corrected chi connectivity index (χ3v) is 5.25. The number of hydrogen-bond acceptors (Lipinski definition) is 7. The van der Waals surface area contributed by atoms with Gasteiger partial charge in [-0.05, 0) is 35.7 Å². The van der Waals surface area contributed by atoms with Crippen molar-refractivity contribution in [1.82, 2.24) is 0 Å². The number of thiophene rings is 1. The van der Waals surface area contributed by atoms with Gasteiger partial charge in [0.05, 0.1) is 23.9 Å². The zero-order chi connectivity index (χ0) is 21.8. The van der Waals surface area contributed by atoms with Crippen LogP contribution < -0.4 is 14.8 Å². The Morgan fingerprint density at radius 3 is 2.74 bits per heavy atom. The highest BCUT2D eigenvalue weighted by molar-refractivity contribution is 7.10. The molecule has 0 radical (unpaired) electrons. The van der Waals surface area contributed by atoms with Crippen LogP contribution in [0.3, 0.4) is 0 Å². The molecule has 0 saturated carbocycles. The molecule has 0 bridgehead atoms. The molecule has 0 saturated heterocycles. The van der Waals surface area contributed by atoms with Gasteiger partial charge in [0.15, 0.2) is 12.4 Å². The van der Waals surface area contributed by atoms with Crippen LogP contribution in [0.1, 0.15) is 25.6 Å². The molecule has 4 rings (SSSR count). The van der Waals surface area contributed by atoms with E-state index in [2.05, 4.69) is 5.32 Å². The minimum Gasteiger partial charge on any atom is -0.484 e. The molecule has 156 valence electrons. The number of carbonyl (C=O) groups is 3. The lowest BCUT2D eigenvalue weighted by molar-refractivity contribution is -0.118. The minimum atomic E-state index is -0.552. The van der Waals surface area contributed by atoms with E-state index in [9.17, 15) is 14.4 Å². The number of nitrogens with one attached hydrogen (secondary N) is 1. The molecule has 0 spiro atoms. The number of fused-ring (bicyclic) bond motifs is 1. The van der Waals surface area contributed by atoms with Crippen LogP contribution in [0.15, 0.2) is 65.7 Å². The first kappa shape index (κ1) is 20.4. The van der Waals surface area contributed by atoms with Crippen molar-refractivity contribution in [2.75, 3.05) is 19.0 Å². The standard InChI is InChI=1S/C23H17NO6S/c1-28-23(27)16-6-2-3-7-18(16)24-21(25)13-29-14-8-9-17-19(11-14)30-20(22(17)26)12-15-5-4-10-31-15/h2-12H,13H2,1H3,(H,24,25). The summed E-state index contributed by atoms with van der Waals surface area (Å²) in [5, 5.41) is 4.55. The van der Waals surface area contributed by atoms with Gasteiger partial charge in [-0.2, -0.15) is 0 Å². The number of hydrogen-bond donors (Lipinski definition) is 1. The third kappa shape index (κ3) is 4.49. The Bertz CT molecular complexity index is 1180. The molecule has 1 aliphatic rings. The maximum atomic E-state index is 12.5. The number of amides is 1. The number of ether oxygens (including phenoxy) is 3. The molecule has 0 unspecified atom stereocenters. The second-order valence-electron chi connectivity index (χ2n) is 6.49. The molecule has 3 aromatic rings. The Morgan fingerprint density at radius 1 is 1.13 bits per heavy atom. The van der Waals surface area contributed by atoms with E-state index in [1.54, 1.807) is 48.5 Å². The van der Waals surface area contributed by atoms with Gasteiger partial charge in [0.25, 0.3) is 5.91 Å². The predicted molar refractivity (Wildman–Crippen MR) is 116 cm³/mol. The fraction of sp³-hybridized carbons (Fsp3) is 0.0870. The van der Waals surface area contributed by atoms with E-state index in [1.807, 2.05) is 17.5 Å². The van der Waals surface area contributed by atoms with Crippen molar-refractivity contribution in [3.8, 4) is 11.5 Å². The van der Waals surface area contributed by atoms with Gasteiger partial charge >= 0.3 is 5.97 Å². The van der Waals surface area contributed by atoms with Gasteiger partial charge in [0, 0.05) is 17.0 Å². The number of carbonyl (C=O) groups excluding carboxylic acids is 3. The van der Waals surface area contributed by atoms with Gasteiger partial charge in [-0.1, -0.05) is 18.2 Å². The largest absolute Gasteiger partial charge is 0.484 e. The maximum Gasteiger partial charge on any atom is 0.339 e. The van der Waals surface area contributed by atoms with Crippen molar-refractivity contribution in [3.05, 3.63) is 81.7 Å². The summed E-state index contributed by atoms with van der Waals surface area (Å²) in [5.74, 6) is -0.211. The minimum absolute atomic E-state index is 0.202. The highest BCUT2D eigenvalue weighted by atomic mass is 32.1. The summed E-state index contributed by atoms with van der Waals surface area (Å²) in [7, 11) is 1.27. The van der Waals surface area contributed by atoms with Crippen LogP contribution in [-0.2, 0) is 9.53 Å². The molecule has 8 heteroatoms. The number of para-hydroxylation sites is 1. The number of Topliss-reactive ketones (excluding diaryl/α,β-unsaturated/α-hetero) is 1. The molecular weight excluding hydrogens is 418 g/mol. The molecule has 2 heterocycles. The average molecular weight is 435 g/mol. The van der Waals surface area contributed by atoms with Crippen molar-refractivity contribution in [3.63, 3.8) is 0 Å². The molecule has 1 N–H and O–H groups in total. The van der Waals surface area contributed by atoms with Crippen LogP contribution in [0.25, 0.3) is 6.08 Å². The summed E-state index contributed by atoms with van der Waals surface area (Å²) in [6.45, 7) is -0.292. The molecule has 1 aromatic heterocycles. The summed E-state index contributed by atoms with van der Waals surface area (Å²) in [6, 6.07) is 15.1. The molecule has 2 aromatic carbocycles. The van der Waals surface area contributed by atoms with E-state index in [4.69, 9.17) is 14.2 Å². The fourth-order valence-electron chi connectivity index (χ4n) is 2.97. The quantitative estimate of drug-likeness (QED) is 0.462. The maximum absolute atomic E-state index is 12.5. The molecule has 0 aliphatic carbocycles. The first-order chi connectivity index (χ1) is 15.0. The van der Waals surface area contributed by atoms with E-state index in [0.717, 1.165) is 4.88 Å². The monoisotopic (exact) mass is 435 g/mol. The first-order valence-corrected chi connectivity index (χ1v) is 10.1. The van der Waals surface area contributed by atoms with Gasteiger partial charge < -0.3 is 19.5 Å². The first-order valence-electron chi connectivity index (χ1n) is 9.27. The van der Waals surface area contributed by atoms with E-state index >= 15 is 0 Å². The Kier molecular flexibility index (Phi) is 5.81. The second kappa shape index (κ2) is 8.85. The highest BCUT2D eigenvalue weighted by Crippen LogP contribution is 2.35. The molecule has 7 nitrogen and oxygen atoms in total. The van der Waals surface area contributed by atoms with Gasteiger partial charge in [0.2, 0.25) is 5.78 Å². The topological polar surface area (TPSA) is 90.9 Å². The van der Waals surface area contributed by atoms with E-state index < -0.39 is 11.9 Å². The van der Waals surface area contributed by atoms with Gasteiger partial charge in [-0.3, -0.25) is 9.59 Å². The highest BCUT2D eigenvalue weighted by Gasteiger charge is 2.28. The fourth-order valence-corrected chi connectivity index (χ4v) is 3.62. The van der Waals surface area contributed by atoms with E-state index in [-0.39, 0.29) is 23.7 Å². The molecule has 0 fully saturated rings. The summed E-state index contributed by atoms with van der Waals surface area (Å²) in [4.78, 5) is 37.5. The second-order valence-corrected chi connectivity index (χ2v) is 7.47. The molecule has 1 amide bonds. The number of benzene rings is 2. The Hall–Kier alpha value is -3.91. The van der Waals surface area contributed by atoms with Crippen LogP contribution in [0.5, 0.6) is 11.5 Å². The van der Waals surface area contributed by atoms with Crippen LogP contribution in [0.2, 0.25) is 0 Å². The lowest BCUT2D eigenvalue weighted by Gasteiger charge is -2.11. The number of allylic oxidation sites excluding steroid dienone is 1. The smallest absolute Gasteiger partial charge is 0.339 e. The van der Waals surface area contributed by atoms with Crippen molar-refractivity contribution >= 4 is 40.8 Å². The number of esters is 1. The van der Waals surface area contributed by atoms with Gasteiger partial charge in [-0.15, -0.1) is 11.3 Å². The zero-order valence-corrected chi connectivity index (χ0v) is 17.2. The van der Waals surface area contributed by atoms with Crippen LogP contribution in [0.4, 0.5) is 5.69 Å². The van der Waals surface area contributed by atoms with Crippen LogP contribution >= 0.6 is 11.3 Å². The lowest BCUT2D eigenvalue weighted by atomic mass is 10.1. The summed E-state index contributed by atoms with van der Waals surface area (Å²) in [6.07, 6.45) is 1.69. The number of rotatable bonds is 6.